The number of hydrogen-bond acceptors (Lipinski definition) is 3. The number of hydrogen-bond donors (Lipinski definition) is 2. The summed E-state index contributed by atoms with van der Waals surface area (Å²) in [6.45, 7) is 9.30. The van der Waals surface area contributed by atoms with Gasteiger partial charge in [0, 0.05) is 12.1 Å². The number of benzene rings is 1. The molecule has 0 saturated heterocycles. The van der Waals surface area contributed by atoms with E-state index in [0.717, 1.165) is 30.7 Å². The Morgan fingerprint density at radius 2 is 2.05 bits per heavy atom. The summed E-state index contributed by atoms with van der Waals surface area (Å²) in [5.41, 5.74) is 1.16. The van der Waals surface area contributed by atoms with Crippen LogP contribution in [-0.4, -0.2) is 25.1 Å². The van der Waals surface area contributed by atoms with Crippen LogP contribution in [0.2, 0.25) is 0 Å². The lowest BCUT2D eigenvalue weighted by atomic mass is 10.1. The van der Waals surface area contributed by atoms with E-state index in [-0.39, 0.29) is 24.6 Å². The predicted molar refractivity (Wildman–Crippen MR) is 86.5 cm³/mol. The smallest absolute Gasteiger partial charge is 0.258 e. The third-order valence-corrected chi connectivity index (χ3v) is 3.37. The van der Waals surface area contributed by atoms with Crippen molar-refractivity contribution in [2.45, 2.75) is 52.6 Å². The van der Waals surface area contributed by atoms with Gasteiger partial charge in [-0.25, -0.2) is 0 Å². The summed E-state index contributed by atoms with van der Waals surface area (Å²) < 4.78 is 5.58. The lowest BCUT2D eigenvalue weighted by Crippen LogP contribution is -2.35. The summed E-state index contributed by atoms with van der Waals surface area (Å²) >= 11 is 0. The van der Waals surface area contributed by atoms with Gasteiger partial charge in [-0.05, 0) is 44.5 Å². The molecule has 0 aliphatic carbocycles. The monoisotopic (exact) mass is 292 g/mol. The third kappa shape index (κ3) is 6.63. The Bertz CT molecular complexity index is 435. The van der Waals surface area contributed by atoms with Crippen LogP contribution < -0.4 is 15.4 Å². The number of nitrogens with one attached hydrogen (secondary N) is 2. The fourth-order valence-electron chi connectivity index (χ4n) is 2.27. The van der Waals surface area contributed by atoms with Gasteiger partial charge in [0.2, 0.25) is 0 Å². The van der Waals surface area contributed by atoms with Crippen molar-refractivity contribution in [2.75, 3.05) is 13.2 Å². The first-order chi connectivity index (χ1) is 10.1. The van der Waals surface area contributed by atoms with E-state index < -0.39 is 0 Å². The van der Waals surface area contributed by atoms with Gasteiger partial charge in [0.05, 0.1) is 0 Å². The Morgan fingerprint density at radius 3 is 2.71 bits per heavy atom. The molecule has 0 spiro atoms. The molecule has 0 fully saturated rings. The molecule has 1 amide bonds. The van der Waals surface area contributed by atoms with Crippen molar-refractivity contribution in [1.82, 2.24) is 10.6 Å². The van der Waals surface area contributed by atoms with Crippen LogP contribution >= 0.6 is 0 Å². The molecular weight excluding hydrogens is 264 g/mol. The molecule has 1 aromatic rings. The van der Waals surface area contributed by atoms with Crippen LogP contribution in [0.5, 0.6) is 5.75 Å². The zero-order valence-electron chi connectivity index (χ0n) is 13.6. The SMILES string of the molecule is CCCC(C)NC(=O)COc1cccc(C(C)NCC)c1. The van der Waals surface area contributed by atoms with Gasteiger partial charge in [0.1, 0.15) is 5.75 Å². The van der Waals surface area contributed by atoms with Crippen LogP contribution in [-0.2, 0) is 4.79 Å². The number of carbonyl (C=O) groups is 1. The number of amides is 1. The van der Waals surface area contributed by atoms with Gasteiger partial charge in [0.15, 0.2) is 6.61 Å². The number of ether oxygens (including phenoxy) is 1. The van der Waals surface area contributed by atoms with Crippen LogP contribution in [0.1, 0.15) is 52.1 Å². The molecule has 4 heteroatoms. The summed E-state index contributed by atoms with van der Waals surface area (Å²) in [5.74, 6) is 0.664. The van der Waals surface area contributed by atoms with Crippen molar-refractivity contribution in [1.29, 1.82) is 0 Å². The quantitative estimate of drug-likeness (QED) is 0.735. The minimum atomic E-state index is -0.0684. The Balaban J connectivity index is 2.48. The average molecular weight is 292 g/mol. The summed E-state index contributed by atoms with van der Waals surface area (Å²) in [6.07, 6.45) is 2.05. The molecule has 0 heterocycles. The Kier molecular flexibility index (Phi) is 7.83. The molecule has 0 aromatic heterocycles. The van der Waals surface area contributed by atoms with Gasteiger partial charge in [-0.2, -0.15) is 0 Å². The first-order valence-electron chi connectivity index (χ1n) is 7.82. The first kappa shape index (κ1) is 17.5. The van der Waals surface area contributed by atoms with Crippen molar-refractivity contribution in [3.8, 4) is 5.75 Å². The van der Waals surface area contributed by atoms with Gasteiger partial charge < -0.3 is 15.4 Å². The lowest BCUT2D eigenvalue weighted by Gasteiger charge is -2.15. The fourth-order valence-corrected chi connectivity index (χ4v) is 2.27. The highest BCUT2D eigenvalue weighted by Crippen LogP contribution is 2.18. The van der Waals surface area contributed by atoms with Crippen molar-refractivity contribution in [3.63, 3.8) is 0 Å². The molecule has 21 heavy (non-hydrogen) atoms. The minimum Gasteiger partial charge on any atom is -0.484 e. The molecule has 0 bridgehead atoms. The summed E-state index contributed by atoms with van der Waals surface area (Å²) in [7, 11) is 0. The van der Waals surface area contributed by atoms with Gasteiger partial charge in [-0.15, -0.1) is 0 Å². The van der Waals surface area contributed by atoms with Crippen LogP contribution in [0.25, 0.3) is 0 Å². The second-order valence-corrected chi connectivity index (χ2v) is 5.40. The van der Waals surface area contributed by atoms with E-state index in [9.17, 15) is 4.79 Å². The van der Waals surface area contributed by atoms with Gasteiger partial charge in [0.25, 0.3) is 5.91 Å². The van der Waals surface area contributed by atoms with Crippen molar-refractivity contribution in [2.24, 2.45) is 0 Å². The minimum absolute atomic E-state index is 0.0626. The lowest BCUT2D eigenvalue weighted by molar-refractivity contribution is -0.123. The highest BCUT2D eigenvalue weighted by Gasteiger charge is 2.08. The molecule has 2 atom stereocenters. The van der Waals surface area contributed by atoms with Crippen LogP contribution in [0, 0.1) is 0 Å². The maximum Gasteiger partial charge on any atom is 0.258 e. The molecular formula is C17H28N2O2. The Labute approximate surface area is 128 Å². The summed E-state index contributed by atoms with van der Waals surface area (Å²) in [6, 6.07) is 8.35. The largest absolute Gasteiger partial charge is 0.484 e. The van der Waals surface area contributed by atoms with Gasteiger partial charge in [-0.3, -0.25) is 4.79 Å². The molecule has 0 saturated carbocycles. The third-order valence-electron chi connectivity index (χ3n) is 3.37. The zero-order chi connectivity index (χ0) is 15.7. The highest BCUT2D eigenvalue weighted by molar-refractivity contribution is 5.77. The van der Waals surface area contributed by atoms with E-state index in [4.69, 9.17) is 4.74 Å². The molecule has 118 valence electrons. The predicted octanol–water partition coefficient (Wildman–Crippen LogP) is 3.04. The van der Waals surface area contributed by atoms with E-state index in [1.54, 1.807) is 0 Å². The molecule has 0 aliphatic heterocycles. The van der Waals surface area contributed by atoms with Crippen molar-refractivity contribution in [3.05, 3.63) is 29.8 Å². The van der Waals surface area contributed by atoms with Gasteiger partial charge in [-0.1, -0.05) is 32.4 Å². The molecule has 0 radical (unpaired) electrons. The van der Waals surface area contributed by atoms with E-state index in [1.165, 1.54) is 0 Å². The van der Waals surface area contributed by atoms with Crippen molar-refractivity contribution < 1.29 is 9.53 Å². The fraction of sp³-hybridized carbons (Fsp3) is 0.588. The van der Waals surface area contributed by atoms with E-state index in [1.807, 2.05) is 25.1 Å². The van der Waals surface area contributed by atoms with E-state index >= 15 is 0 Å². The molecule has 2 unspecified atom stereocenters. The standard InChI is InChI=1S/C17H28N2O2/c1-5-8-13(3)19-17(20)12-21-16-10-7-9-15(11-16)14(4)18-6-2/h7,9-11,13-14,18H,5-6,8,12H2,1-4H3,(H,19,20). The average Bonchev–Trinajstić information content (AvgIpc) is 2.46. The second kappa shape index (κ2) is 9.40. The Morgan fingerprint density at radius 1 is 1.29 bits per heavy atom. The van der Waals surface area contributed by atoms with Crippen LogP contribution in [0.3, 0.4) is 0 Å². The molecule has 1 aromatic carbocycles. The van der Waals surface area contributed by atoms with Crippen LogP contribution in [0.15, 0.2) is 24.3 Å². The topological polar surface area (TPSA) is 50.4 Å². The second-order valence-electron chi connectivity index (χ2n) is 5.40. The van der Waals surface area contributed by atoms with E-state index in [2.05, 4.69) is 37.5 Å². The zero-order valence-corrected chi connectivity index (χ0v) is 13.6. The van der Waals surface area contributed by atoms with Gasteiger partial charge >= 0.3 is 0 Å². The Hall–Kier alpha value is -1.55. The normalized spacial score (nSPS) is 13.5. The summed E-state index contributed by atoms with van der Waals surface area (Å²) in [5, 5.41) is 6.29. The maximum absolute atomic E-state index is 11.8. The number of rotatable bonds is 9. The van der Waals surface area contributed by atoms with Crippen LogP contribution in [0.4, 0.5) is 0 Å². The molecule has 0 aliphatic rings. The summed E-state index contributed by atoms with van der Waals surface area (Å²) in [4.78, 5) is 11.8. The first-order valence-corrected chi connectivity index (χ1v) is 7.82. The molecule has 1 rings (SSSR count). The molecule has 4 nitrogen and oxygen atoms in total. The van der Waals surface area contributed by atoms with Crippen molar-refractivity contribution >= 4 is 5.91 Å². The highest BCUT2D eigenvalue weighted by atomic mass is 16.5. The maximum atomic E-state index is 11.8. The number of carbonyl (C=O) groups excluding carboxylic acids is 1. The molecule has 2 N–H and O–H groups in total. The van der Waals surface area contributed by atoms with E-state index in [0.29, 0.717) is 0 Å².